The molecule has 2 aliphatic carbocycles. The maximum Gasteiger partial charge on any atom is 0.336 e. The quantitative estimate of drug-likeness (QED) is 0.100. The number of hydrogen-bond acceptors (Lipinski definition) is 9. The van der Waals surface area contributed by atoms with Gasteiger partial charge in [0, 0.05) is 58.3 Å². The van der Waals surface area contributed by atoms with Gasteiger partial charge in [0.25, 0.3) is 5.56 Å². The SMILES string of the molecule is O=C(O)c1cccc2[nH]c(=O)ccc12.O=C(O)c1cccc2c1ccc(=O)n2-c1ccc(C[C@H]2CC[C@H](Cc3ncc(C4CC4)cn3)C2)nc1.O=C(O)c1cccc2nc(Cl)ccc12. The first-order valence-corrected chi connectivity index (χ1v) is 21.1. The molecule has 322 valence electrons. The molecule has 2 aliphatic rings. The van der Waals surface area contributed by atoms with Crippen molar-refractivity contribution in [1.29, 1.82) is 0 Å². The summed E-state index contributed by atoms with van der Waals surface area (Å²) in [6, 6.07) is 27.6. The van der Waals surface area contributed by atoms with Crippen LogP contribution in [-0.2, 0) is 12.8 Å². The third-order valence-corrected chi connectivity index (χ3v) is 11.8. The predicted octanol–water partition coefficient (Wildman–Crippen LogP) is 8.77. The second kappa shape index (κ2) is 18.8. The van der Waals surface area contributed by atoms with Gasteiger partial charge >= 0.3 is 17.9 Å². The number of halogens is 1. The number of aromatic carboxylic acids is 3. The van der Waals surface area contributed by atoms with Crippen molar-refractivity contribution in [2.45, 2.75) is 50.9 Å². The highest BCUT2D eigenvalue weighted by Gasteiger charge is 2.27. The molecule has 3 aromatic carbocycles. The van der Waals surface area contributed by atoms with Gasteiger partial charge < -0.3 is 20.3 Å². The van der Waals surface area contributed by atoms with E-state index in [1.165, 1.54) is 60.1 Å². The van der Waals surface area contributed by atoms with E-state index in [2.05, 4.69) is 24.9 Å². The number of nitrogens with zero attached hydrogens (tertiary/aromatic N) is 5. The Kier molecular flexibility index (Phi) is 12.7. The Balaban J connectivity index is 0.000000163. The summed E-state index contributed by atoms with van der Waals surface area (Å²) in [6.07, 6.45) is 13.6. The maximum atomic E-state index is 12.7. The van der Waals surface area contributed by atoms with E-state index >= 15 is 0 Å². The highest BCUT2D eigenvalue weighted by Crippen LogP contribution is 2.39. The number of nitrogens with one attached hydrogen (secondary N) is 1. The van der Waals surface area contributed by atoms with Gasteiger partial charge in [-0.05, 0) is 135 Å². The van der Waals surface area contributed by atoms with Crippen LogP contribution in [0.5, 0.6) is 0 Å². The van der Waals surface area contributed by atoms with Crippen LogP contribution in [0.2, 0.25) is 5.15 Å². The number of fused-ring (bicyclic) bond motifs is 3. The van der Waals surface area contributed by atoms with Crippen LogP contribution in [0.4, 0.5) is 0 Å². The van der Waals surface area contributed by atoms with Crippen LogP contribution < -0.4 is 11.1 Å². The standard InChI is InChI=1S/C29H28N4O3.C10H6ClNO2.C10H7NO3/c34-28-11-10-24-25(29(35)36)2-1-3-26(24)33(28)23-9-8-22(30-17-23)13-18-4-5-19(12-18)14-27-31-15-21(16-32-27)20-6-7-20;11-9-5-4-6-7(10(13)14)2-1-3-8(6)12-9;12-9-5-4-6-7(10(13)14)2-1-3-8(6)11-9/h1-3,8-11,15-20H,4-7,12-14H2,(H,35,36);1-5H,(H,13,14);1-5H,(H,11,12)(H,13,14)/t18-,19-;;/m0../s1. The fraction of sp³-hybridized carbons (Fsp3) is 0.204. The van der Waals surface area contributed by atoms with Crippen molar-refractivity contribution in [1.82, 2.24) is 29.5 Å². The number of benzene rings is 3. The molecule has 2 atom stereocenters. The summed E-state index contributed by atoms with van der Waals surface area (Å²) in [7, 11) is 0. The zero-order valence-corrected chi connectivity index (χ0v) is 35.0. The lowest BCUT2D eigenvalue weighted by atomic mass is 9.97. The molecule has 4 N–H and O–H groups in total. The summed E-state index contributed by atoms with van der Waals surface area (Å²) in [5.74, 6) is -0.135. The van der Waals surface area contributed by atoms with Crippen LogP contribution in [0, 0.1) is 11.8 Å². The number of H-pyrrole nitrogens is 1. The summed E-state index contributed by atoms with van der Waals surface area (Å²) in [5.41, 5.74) is 4.77. The number of carboxylic acids is 3. The summed E-state index contributed by atoms with van der Waals surface area (Å²) in [6.45, 7) is 0. The Morgan fingerprint density at radius 1 is 0.641 bits per heavy atom. The van der Waals surface area contributed by atoms with Gasteiger partial charge in [0.1, 0.15) is 11.0 Å². The lowest BCUT2D eigenvalue weighted by Crippen LogP contribution is -2.18. The Bertz CT molecular complexity index is 3170. The Hall–Kier alpha value is -7.58. The Labute approximate surface area is 369 Å². The topological polar surface area (TPSA) is 218 Å². The monoisotopic (exact) mass is 876 g/mol. The molecule has 5 aromatic heterocycles. The average Bonchev–Trinajstić information content (AvgIpc) is 4.05. The minimum atomic E-state index is -1.02. The van der Waals surface area contributed by atoms with Gasteiger partial charge in [0.05, 0.1) is 39.6 Å². The van der Waals surface area contributed by atoms with E-state index in [9.17, 15) is 29.1 Å². The third-order valence-electron chi connectivity index (χ3n) is 11.6. The molecule has 8 aromatic rings. The normalized spacial score (nSPS) is 15.5. The lowest BCUT2D eigenvalue weighted by Gasteiger charge is -2.13. The number of pyridine rings is 4. The minimum Gasteiger partial charge on any atom is -0.478 e. The molecule has 10 rings (SSSR count). The molecule has 0 saturated heterocycles. The summed E-state index contributed by atoms with van der Waals surface area (Å²) >= 11 is 5.69. The number of carbonyl (C=O) groups is 3. The molecule has 0 aliphatic heterocycles. The van der Waals surface area contributed by atoms with E-state index in [0.29, 0.717) is 61.3 Å². The zero-order valence-electron chi connectivity index (χ0n) is 34.2. The number of aromatic amines is 1. The van der Waals surface area contributed by atoms with E-state index < -0.39 is 17.9 Å². The molecule has 64 heavy (non-hydrogen) atoms. The van der Waals surface area contributed by atoms with Crippen LogP contribution in [-0.4, -0.2) is 62.7 Å². The number of aromatic nitrogens is 6. The predicted molar refractivity (Wildman–Crippen MR) is 242 cm³/mol. The average molecular weight is 877 g/mol. The van der Waals surface area contributed by atoms with E-state index in [-0.39, 0.29) is 27.8 Å². The molecule has 2 fully saturated rings. The molecular formula is C49H41ClN6O8. The van der Waals surface area contributed by atoms with E-state index in [0.717, 1.165) is 30.8 Å². The zero-order chi connectivity index (χ0) is 44.9. The third kappa shape index (κ3) is 9.87. The van der Waals surface area contributed by atoms with Crippen molar-refractivity contribution >= 4 is 62.2 Å². The van der Waals surface area contributed by atoms with Gasteiger partial charge in [-0.25, -0.2) is 29.3 Å². The fourth-order valence-electron chi connectivity index (χ4n) is 8.28. The van der Waals surface area contributed by atoms with E-state index in [4.69, 9.17) is 21.8 Å². The molecule has 0 amide bonds. The van der Waals surface area contributed by atoms with E-state index in [1.54, 1.807) is 72.9 Å². The van der Waals surface area contributed by atoms with Crippen LogP contribution in [0.15, 0.2) is 131 Å². The molecular weight excluding hydrogens is 836 g/mol. The maximum absolute atomic E-state index is 12.7. The van der Waals surface area contributed by atoms with Crippen molar-refractivity contribution in [2.75, 3.05) is 0 Å². The van der Waals surface area contributed by atoms with Crippen LogP contribution in [0.3, 0.4) is 0 Å². The number of hydrogen-bond donors (Lipinski definition) is 4. The van der Waals surface area contributed by atoms with Gasteiger partial charge in [0.15, 0.2) is 0 Å². The highest BCUT2D eigenvalue weighted by atomic mass is 35.5. The molecule has 0 radical (unpaired) electrons. The van der Waals surface area contributed by atoms with Gasteiger partial charge in [-0.1, -0.05) is 29.8 Å². The fourth-order valence-corrected chi connectivity index (χ4v) is 8.44. The van der Waals surface area contributed by atoms with Gasteiger partial charge in [-0.2, -0.15) is 0 Å². The molecule has 0 unspecified atom stereocenters. The Morgan fingerprint density at radius 2 is 1.27 bits per heavy atom. The van der Waals surface area contributed by atoms with Crippen molar-refractivity contribution in [3.05, 3.63) is 181 Å². The minimum absolute atomic E-state index is 0.172. The van der Waals surface area contributed by atoms with Gasteiger partial charge in [0.2, 0.25) is 5.56 Å². The van der Waals surface area contributed by atoms with Gasteiger partial charge in [-0.15, -0.1) is 0 Å². The first kappa shape index (κ1) is 43.1. The molecule has 5 heterocycles. The number of rotatable bonds is 9. The van der Waals surface area contributed by atoms with Crippen LogP contribution in [0.1, 0.15) is 86.2 Å². The summed E-state index contributed by atoms with van der Waals surface area (Å²) < 4.78 is 1.53. The van der Waals surface area contributed by atoms with Crippen molar-refractivity contribution < 1.29 is 29.7 Å². The van der Waals surface area contributed by atoms with Crippen LogP contribution >= 0.6 is 11.6 Å². The second-order valence-corrected chi connectivity index (χ2v) is 16.3. The van der Waals surface area contributed by atoms with Crippen LogP contribution in [0.25, 0.3) is 38.4 Å². The highest BCUT2D eigenvalue weighted by molar-refractivity contribution is 6.29. The number of carboxylic acid groups (broad SMARTS) is 3. The molecule has 2 saturated carbocycles. The largest absolute Gasteiger partial charge is 0.478 e. The lowest BCUT2D eigenvalue weighted by molar-refractivity contribution is 0.0688. The summed E-state index contributed by atoms with van der Waals surface area (Å²) in [5, 5.41) is 29.3. The van der Waals surface area contributed by atoms with E-state index in [1.807, 2.05) is 24.5 Å². The Morgan fingerprint density at radius 3 is 1.94 bits per heavy atom. The van der Waals surface area contributed by atoms with Crippen molar-refractivity contribution in [3.8, 4) is 5.69 Å². The molecule has 0 spiro atoms. The van der Waals surface area contributed by atoms with Crippen molar-refractivity contribution in [2.24, 2.45) is 11.8 Å². The van der Waals surface area contributed by atoms with Crippen molar-refractivity contribution in [3.63, 3.8) is 0 Å². The molecule has 14 nitrogen and oxygen atoms in total. The summed E-state index contributed by atoms with van der Waals surface area (Å²) in [4.78, 5) is 77.4. The first-order chi connectivity index (χ1) is 30.9. The first-order valence-electron chi connectivity index (χ1n) is 20.7. The molecule has 0 bridgehead atoms. The second-order valence-electron chi connectivity index (χ2n) is 15.9. The molecule has 15 heteroatoms. The smallest absolute Gasteiger partial charge is 0.336 e. The van der Waals surface area contributed by atoms with Gasteiger partial charge in [-0.3, -0.25) is 19.1 Å².